The normalized spacial score (nSPS) is 15.1. The minimum atomic E-state index is -3.70. The molecule has 0 aromatic heterocycles. The molecule has 144 valence electrons. The second-order valence-electron chi connectivity index (χ2n) is 6.71. The molecule has 2 N–H and O–H groups in total. The van der Waals surface area contributed by atoms with E-state index in [1.165, 1.54) is 6.07 Å². The van der Waals surface area contributed by atoms with E-state index in [-0.39, 0.29) is 24.0 Å². The number of amides is 1. The van der Waals surface area contributed by atoms with Crippen molar-refractivity contribution in [2.75, 3.05) is 25.6 Å². The number of methoxy groups -OCH3 is 1. The van der Waals surface area contributed by atoms with Crippen LogP contribution in [0.2, 0.25) is 0 Å². The van der Waals surface area contributed by atoms with Crippen molar-refractivity contribution in [1.82, 2.24) is 4.72 Å². The van der Waals surface area contributed by atoms with E-state index in [2.05, 4.69) is 10.0 Å². The summed E-state index contributed by atoms with van der Waals surface area (Å²) in [7, 11) is -2.12. The van der Waals surface area contributed by atoms with Gasteiger partial charge in [-0.1, -0.05) is 0 Å². The third kappa shape index (κ3) is 3.91. The molecule has 27 heavy (non-hydrogen) atoms. The van der Waals surface area contributed by atoms with Gasteiger partial charge in [0.25, 0.3) is 0 Å². The van der Waals surface area contributed by atoms with E-state index in [1.54, 1.807) is 57.4 Å². The van der Waals surface area contributed by atoms with Crippen LogP contribution in [0.15, 0.2) is 47.4 Å². The number of fused-ring (bicyclic) bond motifs is 1. The Morgan fingerprint density at radius 2 is 1.74 bits per heavy atom. The fourth-order valence-corrected chi connectivity index (χ4v) is 3.86. The van der Waals surface area contributed by atoms with Crippen molar-refractivity contribution in [2.24, 2.45) is 0 Å². The maximum atomic E-state index is 12.5. The second-order valence-corrected chi connectivity index (χ2v) is 8.48. The van der Waals surface area contributed by atoms with Crippen LogP contribution >= 0.6 is 0 Å². The summed E-state index contributed by atoms with van der Waals surface area (Å²) >= 11 is 0. The van der Waals surface area contributed by atoms with Crippen molar-refractivity contribution in [2.45, 2.75) is 24.2 Å². The van der Waals surface area contributed by atoms with E-state index in [0.717, 1.165) is 5.75 Å². The molecule has 0 saturated carbocycles. The third-order valence-corrected chi connectivity index (χ3v) is 5.97. The topological polar surface area (TPSA) is 93.7 Å². The lowest BCUT2D eigenvalue weighted by molar-refractivity contribution is -0.119. The van der Waals surface area contributed by atoms with Crippen molar-refractivity contribution in [3.8, 4) is 11.5 Å². The molecule has 0 radical (unpaired) electrons. The molecule has 0 saturated heterocycles. The number of anilines is 1. The Labute approximate surface area is 158 Å². The Morgan fingerprint density at radius 1 is 1.07 bits per heavy atom. The van der Waals surface area contributed by atoms with Crippen LogP contribution < -0.4 is 19.5 Å². The first kappa shape index (κ1) is 19.2. The lowest BCUT2D eigenvalue weighted by atomic mass is 9.86. The third-order valence-electron chi connectivity index (χ3n) is 4.51. The number of rotatable bonds is 7. The highest BCUT2D eigenvalue weighted by atomic mass is 32.2. The summed E-state index contributed by atoms with van der Waals surface area (Å²) in [6.45, 7) is 3.83. The molecule has 0 atom stereocenters. The quantitative estimate of drug-likeness (QED) is 0.708. The van der Waals surface area contributed by atoms with Crippen LogP contribution in [0.1, 0.15) is 19.4 Å². The fraction of sp³-hybridized carbons (Fsp3) is 0.316. The summed E-state index contributed by atoms with van der Waals surface area (Å²) in [5.41, 5.74) is 0.551. The van der Waals surface area contributed by atoms with Crippen LogP contribution in [0.3, 0.4) is 0 Å². The largest absolute Gasteiger partial charge is 0.497 e. The van der Waals surface area contributed by atoms with Crippen molar-refractivity contribution in [1.29, 1.82) is 0 Å². The predicted octanol–water partition coefficient (Wildman–Crippen LogP) is 2.28. The zero-order valence-corrected chi connectivity index (χ0v) is 16.2. The second kappa shape index (κ2) is 7.21. The maximum absolute atomic E-state index is 12.5. The van der Waals surface area contributed by atoms with Crippen LogP contribution in [0.4, 0.5) is 5.69 Å². The lowest BCUT2D eigenvalue weighted by Gasteiger charge is -2.16. The highest BCUT2D eigenvalue weighted by molar-refractivity contribution is 7.89. The fourth-order valence-electron chi connectivity index (χ4n) is 2.82. The van der Waals surface area contributed by atoms with Crippen molar-refractivity contribution in [3.63, 3.8) is 0 Å². The Hall–Kier alpha value is -2.58. The molecular formula is C19H22N2O5S. The number of carbonyl (C=O) groups excluding carboxylic acids is 1. The Balaban J connectivity index is 1.62. The van der Waals surface area contributed by atoms with Gasteiger partial charge in [-0.15, -0.1) is 0 Å². The van der Waals surface area contributed by atoms with Crippen LogP contribution in [0.5, 0.6) is 11.5 Å². The van der Waals surface area contributed by atoms with Crippen LogP contribution in [-0.2, 0) is 20.2 Å². The molecule has 1 aliphatic heterocycles. The van der Waals surface area contributed by atoms with Gasteiger partial charge in [0.1, 0.15) is 18.1 Å². The SMILES string of the molecule is COc1ccc(OCCNS(=O)(=O)c2ccc3c(c2)C(C)(C)C(=O)N3)cc1. The monoisotopic (exact) mass is 390 g/mol. The Bertz CT molecular complexity index is 953. The molecule has 1 heterocycles. The summed E-state index contributed by atoms with van der Waals surface area (Å²) in [6.07, 6.45) is 0. The molecule has 8 heteroatoms. The van der Waals surface area contributed by atoms with Crippen LogP contribution in [0, 0.1) is 0 Å². The van der Waals surface area contributed by atoms with Crippen molar-refractivity contribution < 1.29 is 22.7 Å². The minimum Gasteiger partial charge on any atom is -0.497 e. The molecule has 2 aromatic rings. The molecular weight excluding hydrogens is 368 g/mol. The Morgan fingerprint density at radius 3 is 2.41 bits per heavy atom. The van der Waals surface area contributed by atoms with Gasteiger partial charge in [-0.25, -0.2) is 13.1 Å². The lowest BCUT2D eigenvalue weighted by Crippen LogP contribution is -2.29. The van der Waals surface area contributed by atoms with Gasteiger partial charge < -0.3 is 14.8 Å². The van der Waals surface area contributed by atoms with Crippen molar-refractivity contribution >= 4 is 21.6 Å². The highest BCUT2D eigenvalue weighted by Crippen LogP contribution is 2.38. The number of ether oxygens (including phenoxy) is 2. The Kier molecular flexibility index (Phi) is 5.12. The molecule has 0 aliphatic carbocycles. The van der Waals surface area contributed by atoms with Gasteiger partial charge >= 0.3 is 0 Å². The molecule has 0 spiro atoms. The molecule has 0 fully saturated rings. The molecule has 1 amide bonds. The molecule has 0 bridgehead atoms. The van der Waals surface area contributed by atoms with Gasteiger partial charge in [0.2, 0.25) is 15.9 Å². The predicted molar refractivity (Wildman–Crippen MR) is 102 cm³/mol. The average molecular weight is 390 g/mol. The zero-order chi connectivity index (χ0) is 19.7. The van der Waals surface area contributed by atoms with Gasteiger partial charge in [-0.3, -0.25) is 4.79 Å². The summed E-state index contributed by atoms with van der Waals surface area (Å²) in [5, 5.41) is 2.76. The number of hydrogen-bond acceptors (Lipinski definition) is 5. The standard InChI is InChI=1S/C19H22N2O5S/c1-19(2)16-12-15(8-9-17(16)21-18(19)22)27(23,24)20-10-11-26-14-6-4-13(25-3)5-7-14/h4-9,12,20H,10-11H2,1-3H3,(H,21,22). The van der Waals surface area contributed by atoms with E-state index in [0.29, 0.717) is 17.0 Å². The van der Waals surface area contributed by atoms with Gasteiger partial charge in [0.15, 0.2) is 0 Å². The first-order valence-electron chi connectivity index (χ1n) is 8.46. The average Bonchev–Trinajstić information content (AvgIpc) is 2.88. The number of nitrogens with one attached hydrogen (secondary N) is 2. The molecule has 1 aliphatic rings. The first-order valence-corrected chi connectivity index (χ1v) is 9.95. The summed E-state index contributed by atoms with van der Waals surface area (Å²) in [4.78, 5) is 12.1. The van der Waals surface area contributed by atoms with E-state index in [4.69, 9.17) is 9.47 Å². The highest BCUT2D eigenvalue weighted by Gasteiger charge is 2.39. The number of benzene rings is 2. The number of sulfonamides is 1. The van der Waals surface area contributed by atoms with E-state index in [1.807, 2.05) is 0 Å². The van der Waals surface area contributed by atoms with Gasteiger partial charge in [-0.05, 0) is 61.9 Å². The number of carbonyl (C=O) groups is 1. The summed E-state index contributed by atoms with van der Waals surface area (Å²) in [6, 6.07) is 11.7. The molecule has 7 nitrogen and oxygen atoms in total. The first-order chi connectivity index (χ1) is 12.7. The van der Waals surface area contributed by atoms with E-state index >= 15 is 0 Å². The van der Waals surface area contributed by atoms with E-state index in [9.17, 15) is 13.2 Å². The molecule has 2 aromatic carbocycles. The van der Waals surface area contributed by atoms with Gasteiger partial charge in [0, 0.05) is 12.2 Å². The zero-order valence-electron chi connectivity index (χ0n) is 15.4. The minimum absolute atomic E-state index is 0.117. The molecule has 3 rings (SSSR count). The van der Waals surface area contributed by atoms with Crippen molar-refractivity contribution in [3.05, 3.63) is 48.0 Å². The van der Waals surface area contributed by atoms with Gasteiger partial charge in [-0.2, -0.15) is 0 Å². The maximum Gasteiger partial charge on any atom is 0.240 e. The number of hydrogen-bond donors (Lipinski definition) is 2. The molecule has 0 unspecified atom stereocenters. The smallest absolute Gasteiger partial charge is 0.240 e. The summed E-state index contributed by atoms with van der Waals surface area (Å²) in [5.74, 6) is 1.20. The summed E-state index contributed by atoms with van der Waals surface area (Å²) < 4.78 is 38.2. The van der Waals surface area contributed by atoms with Gasteiger partial charge in [0.05, 0.1) is 17.4 Å². The van der Waals surface area contributed by atoms with Crippen LogP contribution in [0.25, 0.3) is 0 Å². The van der Waals surface area contributed by atoms with Crippen LogP contribution in [-0.4, -0.2) is 34.6 Å². The van der Waals surface area contributed by atoms with E-state index < -0.39 is 15.4 Å².